The number of aryl methyl sites for hydroxylation is 1. The number of imidazole rings is 1. The van der Waals surface area contributed by atoms with Gasteiger partial charge >= 0.3 is 0 Å². The molecule has 0 spiro atoms. The maximum Gasteiger partial charge on any atom is 0.191 e. The van der Waals surface area contributed by atoms with E-state index in [-0.39, 0.29) is 0 Å². The fourth-order valence-corrected chi connectivity index (χ4v) is 2.07. The van der Waals surface area contributed by atoms with E-state index in [4.69, 9.17) is 5.73 Å². The summed E-state index contributed by atoms with van der Waals surface area (Å²) in [6.45, 7) is 1.86. The van der Waals surface area contributed by atoms with Gasteiger partial charge in [-0.15, -0.1) is 0 Å². The van der Waals surface area contributed by atoms with Crippen LogP contribution in [0.1, 0.15) is 12.8 Å². The molecule has 0 saturated carbocycles. The minimum atomic E-state index is 0.500. The highest BCUT2D eigenvalue weighted by atomic mass is 32.2. The number of nitrogens with one attached hydrogen (secondary N) is 1. The van der Waals surface area contributed by atoms with E-state index in [1.807, 2.05) is 18.8 Å². The highest BCUT2D eigenvalue weighted by molar-refractivity contribution is 7.98. The van der Waals surface area contributed by atoms with Gasteiger partial charge in [0.2, 0.25) is 0 Å². The van der Waals surface area contributed by atoms with Gasteiger partial charge < -0.3 is 15.6 Å². The third kappa shape index (κ3) is 4.44. The van der Waals surface area contributed by atoms with Crippen LogP contribution in [0.4, 0.5) is 11.6 Å². The highest BCUT2D eigenvalue weighted by Crippen LogP contribution is 2.15. The zero-order valence-electron chi connectivity index (χ0n) is 10.9. The fraction of sp³-hybridized carbons (Fsp3) is 0.417. The summed E-state index contributed by atoms with van der Waals surface area (Å²) in [5.74, 6) is 1.29. The average Bonchev–Trinajstić information content (AvgIpc) is 2.91. The Balaban J connectivity index is 1.72. The number of unbranched alkanes of at least 4 members (excludes halogenated alkanes) is 1. The number of hydrogen-bond acceptors (Lipinski definition) is 6. The van der Waals surface area contributed by atoms with Gasteiger partial charge in [-0.25, -0.2) is 15.0 Å². The summed E-state index contributed by atoms with van der Waals surface area (Å²) >= 11 is 1.49. The van der Waals surface area contributed by atoms with E-state index in [1.54, 1.807) is 12.3 Å². The Kier molecular flexibility index (Phi) is 5.02. The lowest BCUT2D eigenvalue weighted by Crippen LogP contribution is -2.07. The first-order valence-electron chi connectivity index (χ1n) is 6.16. The van der Waals surface area contributed by atoms with Gasteiger partial charge in [-0.3, -0.25) is 0 Å². The van der Waals surface area contributed by atoms with Gasteiger partial charge in [0, 0.05) is 31.5 Å². The lowest BCUT2D eigenvalue weighted by molar-refractivity contribution is 0.620. The molecule has 0 aliphatic rings. The van der Waals surface area contributed by atoms with Crippen LogP contribution in [-0.4, -0.2) is 32.3 Å². The van der Waals surface area contributed by atoms with Gasteiger partial charge in [0.05, 0.1) is 6.33 Å². The molecule has 0 aromatic carbocycles. The van der Waals surface area contributed by atoms with E-state index >= 15 is 0 Å². The molecule has 2 aromatic heterocycles. The number of aromatic nitrogens is 4. The van der Waals surface area contributed by atoms with E-state index in [0.717, 1.165) is 31.7 Å². The summed E-state index contributed by atoms with van der Waals surface area (Å²) in [7, 11) is 0. The van der Waals surface area contributed by atoms with Crippen molar-refractivity contribution in [3.05, 3.63) is 24.8 Å². The van der Waals surface area contributed by atoms with E-state index < -0.39 is 0 Å². The molecule has 3 N–H and O–H groups in total. The third-order valence-electron chi connectivity index (χ3n) is 2.62. The molecular weight excluding hydrogens is 260 g/mol. The second-order valence-electron chi connectivity index (χ2n) is 4.10. The SMILES string of the molecule is CSc1nc(N)cc(NCCCCn2ccnc2)n1. The monoisotopic (exact) mass is 278 g/mol. The molecule has 0 fully saturated rings. The van der Waals surface area contributed by atoms with E-state index in [9.17, 15) is 0 Å². The van der Waals surface area contributed by atoms with E-state index in [2.05, 4.69) is 24.8 Å². The predicted molar refractivity (Wildman–Crippen MR) is 78.2 cm³/mol. The van der Waals surface area contributed by atoms with Crippen molar-refractivity contribution in [2.75, 3.05) is 23.9 Å². The molecule has 19 heavy (non-hydrogen) atoms. The molecule has 0 unspecified atom stereocenters. The van der Waals surface area contributed by atoms with E-state index in [1.165, 1.54) is 11.8 Å². The Morgan fingerprint density at radius 3 is 3.00 bits per heavy atom. The van der Waals surface area contributed by atoms with Crippen LogP contribution in [-0.2, 0) is 6.54 Å². The van der Waals surface area contributed by atoms with Crippen molar-refractivity contribution in [2.24, 2.45) is 0 Å². The number of nitrogens with zero attached hydrogens (tertiary/aromatic N) is 4. The summed E-state index contributed by atoms with van der Waals surface area (Å²) in [5.41, 5.74) is 5.71. The Labute approximate surface area is 116 Å². The first-order chi connectivity index (χ1) is 9.28. The number of nitrogens with two attached hydrogens (primary N) is 1. The van der Waals surface area contributed by atoms with Crippen molar-refractivity contribution in [3.8, 4) is 0 Å². The fourth-order valence-electron chi connectivity index (χ4n) is 1.68. The number of rotatable bonds is 7. The predicted octanol–water partition coefficient (Wildman–Crippen LogP) is 1.87. The summed E-state index contributed by atoms with van der Waals surface area (Å²) in [6.07, 6.45) is 9.71. The van der Waals surface area contributed by atoms with Crippen molar-refractivity contribution in [3.63, 3.8) is 0 Å². The molecule has 6 nitrogen and oxygen atoms in total. The van der Waals surface area contributed by atoms with Crippen LogP contribution >= 0.6 is 11.8 Å². The van der Waals surface area contributed by atoms with E-state index in [0.29, 0.717) is 11.0 Å². The molecule has 0 atom stereocenters. The molecule has 0 bridgehead atoms. The second-order valence-corrected chi connectivity index (χ2v) is 4.87. The van der Waals surface area contributed by atoms with Gasteiger partial charge in [-0.05, 0) is 19.1 Å². The van der Waals surface area contributed by atoms with Crippen LogP contribution < -0.4 is 11.1 Å². The zero-order chi connectivity index (χ0) is 13.5. The average molecular weight is 278 g/mol. The zero-order valence-corrected chi connectivity index (χ0v) is 11.7. The lowest BCUT2D eigenvalue weighted by atomic mass is 10.3. The third-order valence-corrected chi connectivity index (χ3v) is 3.16. The molecule has 0 saturated heterocycles. The molecule has 0 amide bonds. The van der Waals surface area contributed by atoms with Crippen LogP contribution in [0.5, 0.6) is 0 Å². The number of hydrogen-bond donors (Lipinski definition) is 2. The number of anilines is 2. The topological polar surface area (TPSA) is 81.6 Å². The maximum atomic E-state index is 5.71. The van der Waals surface area contributed by atoms with Gasteiger partial charge in [0.1, 0.15) is 11.6 Å². The van der Waals surface area contributed by atoms with Crippen LogP contribution in [0.25, 0.3) is 0 Å². The second kappa shape index (κ2) is 6.98. The van der Waals surface area contributed by atoms with Gasteiger partial charge in [-0.2, -0.15) is 0 Å². The highest BCUT2D eigenvalue weighted by Gasteiger charge is 2.01. The van der Waals surface area contributed by atoms with Crippen molar-refractivity contribution < 1.29 is 0 Å². The number of nitrogen functional groups attached to an aromatic ring is 1. The van der Waals surface area contributed by atoms with Crippen LogP contribution in [0.3, 0.4) is 0 Å². The van der Waals surface area contributed by atoms with Crippen LogP contribution in [0, 0.1) is 0 Å². The molecular formula is C12H18N6S. The minimum Gasteiger partial charge on any atom is -0.383 e. The van der Waals surface area contributed by atoms with Gasteiger partial charge in [-0.1, -0.05) is 11.8 Å². The first-order valence-corrected chi connectivity index (χ1v) is 7.38. The summed E-state index contributed by atoms with van der Waals surface area (Å²) < 4.78 is 2.08. The first kappa shape index (κ1) is 13.7. The normalized spacial score (nSPS) is 10.6. The minimum absolute atomic E-state index is 0.500. The quantitative estimate of drug-likeness (QED) is 0.457. The Morgan fingerprint density at radius 2 is 2.26 bits per heavy atom. The van der Waals surface area contributed by atoms with Crippen LogP contribution in [0.2, 0.25) is 0 Å². The summed E-state index contributed by atoms with van der Waals surface area (Å²) in [5, 5.41) is 3.97. The maximum absolute atomic E-state index is 5.71. The Morgan fingerprint density at radius 1 is 1.37 bits per heavy atom. The molecule has 2 aromatic rings. The molecule has 0 aliphatic carbocycles. The molecule has 2 rings (SSSR count). The number of thioether (sulfide) groups is 1. The van der Waals surface area contributed by atoms with Gasteiger partial charge in [0.25, 0.3) is 0 Å². The van der Waals surface area contributed by atoms with Crippen LogP contribution in [0.15, 0.2) is 29.9 Å². The van der Waals surface area contributed by atoms with Gasteiger partial charge in [0.15, 0.2) is 5.16 Å². The summed E-state index contributed by atoms with van der Waals surface area (Å²) in [6, 6.07) is 1.76. The van der Waals surface area contributed by atoms with Crippen molar-refractivity contribution in [1.82, 2.24) is 19.5 Å². The molecule has 2 heterocycles. The summed E-state index contributed by atoms with van der Waals surface area (Å²) in [4.78, 5) is 12.5. The smallest absolute Gasteiger partial charge is 0.191 e. The standard InChI is InChI=1S/C12H18N6S/c1-19-12-16-10(13)8-11(17-12)15-4-2-3-6-18-7-5-14-9-18/h5,7-9H,2-4,6H2,1H3,(H3,13,15,16,17). The Hall–Kier alpha value is -1.76. The Bertz CT molecular complexity index is 499. The molecule has 102 valence electrons. The molecule has 0 aliphatic heterocycles. The largest absolute Gasteiger partial charge is 0.383 e. The van der Waals surface area contributed by atoms with Crippen molar-refractivity contribution in [1.29, 1.82) is 0 Å². The molecule has 7 heteroatoms. The lowest BCUT2D eigenvalue weighted by Gasteiger charge is -2.07. The van der Waals surface area contributed by atoms with Crippen molar-refractivity contribution in [2.45, 2.75) is 24.5 Å². The van der Waals surface area contributed by atoms with Crippen molar-refractivity contribution >= 4 is 23.4 Å². The molecule has 0 radical (unpaired) electrons.